The van der Waals surface area contributed by atoms with E-state index in [2.05, 4.69) is 4.98 Å². The standard InChI is InChI=1S/C12H16N2O4/c1-4-18-10(15)8-14(2)12(16)9-6-5-7-13-11(9)17-3/h5-7H,4,8H2,1-3H3. The fourth-order valence-corrected chi connectivity index (χ4v) is 1.39. The summed E-state index contributed by atoms with van der Waals surface area (Å²) < 4.78 is 9.77. The number of nitrogens with zero attached hydrogens (tertiary/aromatic N) is 2. The van der Waals surface area contributed by atoms with E-state index in [4.69, 9.17) is 9.47 Å². The van der Waals surface area contributed by atoms with Gasteiger partial charge in [0.2, 0.25) is 5.88 Å². The van der Waals surface area contributed by atoms with E-state index in [1.807, 2.05) is 0 Å². The molecule has 6 heteroatoms. The molecule has 0 bridgehead atoms. The van der Waals surface area contributed by atoms with Crippen LogP contribution in [0.1, 0.15) is 17.3 Å². The van der Waals surface area contributed by atoms with Gasteiger partial charge in [0.1, 0.15) is 12.1 Å². The summed E-state index contributed by atoms with van der Waals surface area (Å²) in [6.45, 7) is 1.89. The fourth-order valence-electron chi connectivity index (χ4n) is 1.39. The fraction of sp³-hybridized carbons (Fsp3) is 0.417. The molecule has 0 aliphatic carbocycles. The van der Waals surface area contributed by atoms with Crippen LogP contribution in [0.25, 0.3) is 0 Å². The normalized spacial score (nSPS) is 9.72. The van der Waals surface area contributed by atoms with E-state index in [0.717, 1.165) is 0 Å². The van der Waals surface area contributed by atoms with Crippen molar-refractivity contribution in [3.63, 3.8) is 0 Å². The molecular formula is C12H16N2O4. The number of carbonyl (C=O) groups is 2. The number of amides is 1. The molecule has 0 spiro atoms. The molecule has 18 heavy (non-hydrogen) atoms. The van der Waals surface area contributed by atoms with Gasteiger partial charge >= 0.3 is 5.97 Å². The minimum absolute atomic E-state index is 0.106. The zero-order chi connectivity index (χ0) is 13.5. The van der Waals surface area contributed by atoms with Gasteiger partial charge in [-0.2, -0.15) is 0 Å². The maximum Gasteiger partial charge on any atom is 0.325 e. The molecule has 6 nitrogen and oxygen atoms in total. The summed E-state index contributed by atoms with van der Waals surface area (Å²) in [6.07, 6.45) is 1.53. The van der Waals surface area contributed by atoms with Crippen LogP contribution >= 0.6 is 0 Å². The molecule has 0 atom stereocenters. The first-order valence-corrected chi connectivity index (χ1v) is 5.50. The van der Waals surface area contributed by atoms with Crippen LogP contribution in [-0.2, 0) is 9.53 Å². The molecule has 1 aromatic rings. The highest BCUT2D eigenvalue weighted by atomic mass is 16.5. The van der Waals surface area contributed by atoms with Crippen molar-refractivity contribution in [2.24, 2.45) is 0 Å². The molecular weight excluding hydrogens is 236 g/mol. The smallest absolute Gasteiger partial charge is 0.325 e. The van der Waals surface area contributed by atoms with Gasteiger partial charge in [0.25, 0.3) is 5.91 Å². The van der Waals surface area contributed by atoms with E-state index >= 15 is 0 Å². The third-order valence-corrected chi connectivity index (χ3v) is 2.21. The average molecular weight is 252 g/mol. The summed E-state index contributed by atoms with van der Waals surface area (Å²) in [7, 11) is 2.95. The van der Waals surface area contributed by atoms with Crippen LogP contribution in [0, 0.1) is 0 Å². The first-order valence-electron chi connectivity index (χ1n) is 5.50. The summed E-state index contributed by atoms with van der Waals surface area (Å²) in [4.78, 5) is 28.5. The Kier molecular flexibility index (Phi) is 5.10. The van der Waals surface area contributed by atoms with Crippen molar-refractivity contribution in [2.45, 2.75) is 6.92 Å². The number of rotatable bonds is 5. The van der Waals surface area contributed by atoms with Gasteiger partial charge in [-0.15, -0.1) is 0 Å². The summed E-state index contributed by atoms with van der Waals surface area (Å²) >= 11 is 0. The van der Waals surface area contributed by atoms with E-state index in [0.29, 0.717) is 5.56 Å². The summed E-state index contributed by atoms with van der Waals surface area (Å²) in [5.41, 5.74) is 0.312. The predicted molar refractivity (Wildman–Crippen MR) is 64.4 cm³/mol. The van der Waals surface area contributed by atoms with Crippen LogP contribution in [0.5, 0.6) is 5.88 Å². The second-order valence-corrected chi connectivity index (χ2v) is 3.53. The van der Waals surface area contributed by atoms with Crippen molar-refractivity contribution in [2.75, 3.05) is 27.3 Å². The lowest BCUT2D eigenvalue weighted by molar-refractivity contribution is -0.143. The van der Waals surface area contributed by atoms with E-state index in [9.17, 15) is 9.59 Å². The SMILES string of the molecule is CCOC(=O)CN(C)C(=O)c1cccnc1OC. The van der Waals surface area contributed by atoms with Gasteiger partial charge in [-0.25, -0.2) is 4.98 Å². The number of likely N-dealkylation sites (N-methyl/N-ethyl adjacent to an activating group) is 1. The minimum atomic E-state index is -0.448. The predicted octanol–water partition coefficient (Wildman–Crippen LogP) is 0.725. The van der Waals surface area contributed by atoms with E-state index in [1.165, 1.54) is 25.3 Å². The van der Waals surface area contributed by atoms with E-state index in [1.54, 1.807) is 19.1 Å². The molecule has 1 heterocycles. The van der Waals surface area contributed by atoms with E-state index in [-0.39, 0.29) is 24.9 Å². The molecule has 0 aliphatic heterocycles. The number of carbonyl (C=O) groups excluding carboxylic acids is 2. The zero-order valence-corrected chi connectivity index (χ0v) is 10.7. The van der Waals surface area contributed by atoms with Crippen molar-refractivity contribution in [1.29, 1.82) is 0 Å². The number of hydrogen-bond donors (Lipinski definition) is 0. The third kappa shape index (κ3) is 3.44. The summed E-state index contributed by atoms with van der Waals surface area (Å²) in [5, 5.41) is 0. The third-order valence-electron chi connectivity index (χ3n) is 2.21. The topological polar surface area (TPSA) is 68.7 Å². The molecule has 0 saturated heterocycles. The molecule has 0 fully saturated rings. The number of esters is 1. The van der Waals surface area contributed by atoms with Gasteiger partial charge in [0, 0.05) is 13.2 Å². The summed E-state index contributed by atoms with van der Waals surface area (Å²) in [6, 6.07) is 3.23. The monoisotopic (exact) mass is 252 g/mol. The van der Waals surface area contributed by atoms with Crippen LogP contribution in [-0.4, -0.2) is 49.1 Å². The molecule has 1 aromatic heterocycles. The van der Waals surface area contributed by atoms with Crippen molar-refractivity contribution < 1.29 is 19.1 Å². The molecule has 1 amide bonds. The van der Waals surface area contributed by atoms with Crippen molar-refractivity contribution in [3.05, 3.63) is 23.9 Å². The van der Waals surface area contributed by atoms with Gasteiger partial charge in [0.05, 0.1) is 13.7 Å². The molecule has 1 rings (SSSR count). The van der Waals surface area contributed by atoms with Crippen molar-refractivity contribution in [3.8, 4) is 5.88 Å². The Morgan fingerprint density at radius 2 is 2.17 bits per heavy atom. The van der Waals surface area contributed by atoms with Gasteiger partial charge in [-0.05, 0) is 19.1 Å². The lowest BCUT2D eigenvalue weighted by atomic mass is 10.2. The molecule has 98 valence electrons. The number of methoxy groups -OCH3 is 1. The Morgan fingerprint density at radius 3 is 2.78 bits per heavy atom. The maximum absolute atomic E-state index is 12.1. The first kappa shape index (κ1) is 14.0. The summed E-state index contributed by atoms with van der Waals surface area (Å²) in [5.74, 6) is -0.553. The number of ether oxygens (including phenoxy) is 2. The lowest BCUT2D eigenvalue weighted by Crippen LogP contribution is -2.33. The Hall–Kier alpha value is -2.11. The Labute approximate surface area is 106 Å². The second-order valence-electron chi connectivity index (χ2n) is 3.53. The highest BCUT2D eigenvalue weighted by Gasteiger charge is 2.19. The Bertz CT molecular complexity index is 434. The average Bonchev–Trinajstić information content (AvgIpc) is 2.38. The molecule has 0 unspecified atom stereocenters. The highest BCUT2D eigenvalue weighted by molar-refractivity contribution is 5.97. The van der Waals surface area contributed by atoms with Crippen molar-refractivity contribution in [1.82, 2.24) is 9.88 Å². The van der Waals surface area contributed by atoms with Crippen LogP contribution in [0.2, 0.25) is 0 Å². The lowest BCUT2D eigenvalue weighted by Gasteiger charge is -2.16. The van der Waals surface area contributed by atoms with E-state index < -0.39 is 5.97 Å². The largest absolute Gasteiger partial charge is 0.480 e. The Morgan fingerprint density at radius 1 is 1.44 bits per heavy atom. The maximum atomic E-state index is 12.1. The highest BCUT2D eigenvalue weighted by Crippen LogP contribution is 2.15. The molecule has 0 radical (unpaired) electrons. The second kappa shape index (κ2) is 6.58. The molecule has 0 aromatic carbocycles. The molecule has 0 N–H and O–H groups in total. The van der Waals surface area contributed by atoms with Crippen LogP contribution < -0.4 is 4.74 Å². The first-order chi connectivity index (χ1) is 8.60. The van der Waals surface area contributed by atoms with Crippen LogP contribution in [0.15, 0.2) is 18.3 Å². The van der Waals surface area contributed by atoms with Crippen molar-refractivity contribution >= 4 is 11.9 Å². The minimum Gasteiger partial charge on any atom is -0.480 e. The van der Waals surface area contributed by atoms with Crippen LogP contribution in [0.3, 0.4) is 0 Å². The number of hydrogen-bond acceptors (Lipinski definition) is 5. The van der Waals surface area contributed by atoms with Gasteiger partial charge in [-0.1, -0.05) is 0 Å². The molecule has 0 aliphatic rings. The van der Waals surface area contributed by atoms with Gasteiger partial charge in [-0.3, -0.25) is 9.59 Å². The zero-order valence-electron chi connectivity index (χ0n) is 10.7. The molecule has 0 saturated carbocycles. The number of aromatic nitrogens is 1. The number of pyridine rings is 1. The Balaban J connectivity index is 2.77. The van der Waals surface area contributed by atoms with Gasteiger partial charge in [0.15, 0.2) is 0 Å². The quantitative estimate of drug-likeness (QED) is 0.722. The van der Waals surface area contributed by atoms with Gasteiger partial charge < -0.3 is 14.4 Å². The van der Waals surface area contributed by atoms with Crippen LogP contribution in [0.4, 0.5) is 0 Å².